The van der Waals surface area contributed by atoms with Crippen molar-refractivity contribution in [2.45, 2.75) is 18.9 Å². The van der Waals surface area contributed by atoms with Gasteiger partial charge in [0.05, 0.1) is 6.20 Å². The maximum absolute atomic E-state index is 12.2. The molecule has 1 aliphatic heterocycles. The molecular formula is C13H16N4O2. The van der Waals surface area contributed by atoms with E-state index in [0.29, 0.717) is 17.4 Å². The van der Waals surface area contributed by atoms with E-state index < -0.39 is 0 Å². The molecule has 0 atom stereocenters. The van der Waals surface area contributed by atoms with Crippen LogP contribution in [0.4, 0.5) is 5.69 Å². The number of hydrogen-bond donors (Lipinski definition) is 2. The number of anilines is 1. The van der Waals surface area contributed by atoms with E-state index in [1.165, 1.54) is 12.5 Å². The van der Waals surface area contributed by atoms with Crippen molar-refractivity contribution in [2.75, 3.05) is 18.4 Å². The highest BCUT2D eigenvalue weighted by Crippen LogP contribution is 2.21. The molecule has 2 N–H and O–H groups in total. The fourth-order valence-electron chi connectivity index (χ4n) is 2.45. The molecular weight excluding hydrogens is 244 g/mol. The van der Waals surface area contributed by atoms with E-state index in [0.717, 1.165) is 25.9 Å². The lowest BCUT2D eigenvalue weighted by Gasteiger charge is -2.25. The molecule has 0 bridgehead atoms. The van der Waals surface area contributed by atoms with E-state index in [4.69, 9.17) is 4.52 Å². The normalized spacial score (nSPS) is 16.4. The van der Waals surface area contributed by atoms with E-state index >= 15 is 0 Å². The summed E-state index contributed by atoms with van der Waals surface area (Å²) < 4.78 is 6.76. The largest absolute Gasteiger partial charge is 0.363 e. The standard InChI is InChI=1S/C13H16N4O2/c18-13(16-10-8-15-19-9-10)12-2-1-7-17(12)11-3-5-14-6-4-11/h1-2,7-9,11,14H,3-6H2,(H,16,18). The molecule has 0 unspecified atom stereocenters. The van der Waals surface area contributed by atoms with Gasteiger partial charge in [-0.15, -0.1) is 0 Å². The first-order chi connectivity index (χ1) is 9.34. The van der Waals surface area contributed by atoms with Crippen LogP contribution in [0.3, 0.4) is 0 Å². The van der Waals surface area contributed by atoms with Crippen LogP contribution in [0.5, 0.6) is 0 Å². The molecule has 6 heteroatoms. The fraction of sp³-hybridized carbons (Fsp3) is 0.385. The number of piperidine rings is 1. The number of rotatable bonds is 3. The Labute approximate surface area is 110 Å². The minimum atomic E-state index is -0.133. The smallest absolute Gasteiger partial charge is 0.272 e. The van der Waals surface area contributed by atoms with Gasteiger partial charge in [-0.05, 0) is 38.1 Å². The molecule has 0 aromatic carbocycles. The molecule has 2 aromatic rings. The summed E-state index contributed by atoms with van der Waals surface area (Å²) in [5, 5.41) is 9.66. The van der Waals surface area contributed by atoms with Crippen molar-refractivity contribution in [3.63, 3.8) is 0 Å². The summed E-state index contributed by atoms with van der Waals surface area (Å²) >= 11 is 0. The van der Waals surface area contributed by atoms with Crippen molar-refractivity contribution in [3.8, 4) is 0 Å². The van der Waals surface area contributed by atoms with Gasteiger partial charge in [-0.3, -0.25) is 4.79 Å². The average molecular weight is 260 g/mol. The Morgan fingerprint density at radius 2 is 2.32 bits per heavy atom. The predicted molar refractivity (Wildman–Crippen MR) is 70.0 cm³/mol. The van der Waals surface area contributed by atoms with Crippen LogP contribution < -0.4 is 10.6 Å². The van der Waals surface area contributed by atoms with Crippen LogP contribution in [-0.4, -0.2) is 28.7 Å². The van der Waals surface area contributed by atoms with Crippen molar-refractivity contribution >= 4 is 11.6 Å². The van der Waals surface area contributed by atoms with Crippen LogP contribution in [0.15, 0.2) is 35.3 Å². The molecule has 1 aliphatic rings. The van der Waals surface area contributed by atoms with E-state index in [1.54, 1.807) is 0 Å². The first-order valence-corrected chi connectivity index (χ1v) is 6.43. The second kappa shape index (κ2) is 5.27. The molecule has 1 saturated heterocycles. The van der Waals surface area contributed by atoms with Crippen LogP contribution in [0.1, 0.15) is 29.4 Å². The number of hydrogen-bond acceptors (Lipinski definition) is 4. The Balaban J connectivity index is 1.77. The van der Waals surface area contributed by atoms with E-state index in [-0.39, 0.29) is 5.91 Å². The maximum atomic E-state index is 12.2. The predicted octanol–water partition coefficient (Wildman–Crippen LogP) is 1.65. The van der Waals surface area contributed by atoms with Crippen molar-refractivity contribution in [1.82, 2.24) is 15.0 Å². The molecule has 0 spiro atoms. The van der Waals surface area contributed by atoms with E-state index in [2.05, 4.69) is 20.4 Å². The minimum absolute atomic E-state index is 0.133. The Hall–Kier alpha value is -2.08. The topological polar surface area (TPSA) is 72.1 Å². The highest BCUT2D eigenvalue weighted by atomic mass is 16.5. The summed E-state index contributed by atoms with van der Waals surface area (Å²) in [6.45, 7) is 1.99. The lowest BCUT2D eigenvalue weighted by molar-refractivity contribution is 0.101. The molecule has 100 valence electrons. The van der Waals surface area contributed by atoms with Gasteiger partial charge >= 0.3 is 0 Å². The van der Waals surface area contributed by atoms with Crippen LogP contribution in [-0.2, 0) is 0 Å². The second-order valence-electron chi connectivity index (χ2n) is 4.65. The van der Waals surface area contributed by atoms with E-state index in [9.17, 15) is 4.79 Å². The van der Waals surface area contributed by atoms with Gasteiger partial charge in [0.1, 0.15) is 17.6 Å². The molecule has 0 radical (unpaired) electrons. The van der Waals surface area contributed by atoms with Gasteiger partial charge < -0.3 is 19.7 Å². The number of carbonyl (C=O) groups excluding carboxylic acids is 1. The molecule has 0 aliphatic carbocycles. The van der Waals surface area contributed by atoms with Crippen LogP contribution in [0.2, 0.25) is 0 Å². The molecule has 1 fully saturated rings. The quantitative estimate of drug-likeness (QED) is 0.880. The number of amides is 1. The summed E-state index contributed by atoms with van der Waals surface area (Å²) in [4.78, 5) is 12.2. The van der Waals surface area contributed by atoms with Crippen molar-refractivity contribution < 1.29 is 9.32 Å². The van der Waals surface area contributed by atoms with Gasteiger partial charge in [0.15, 0.2) is 0 Å². The summed E-state index contributed by atoms with van der Waals surface area (Å²) in [5.74, 6) is -0.133. The molecule has 19 heavy (non-hydrogen) atoms. The van der Waals surface area contributed by atoms with Gasteiger partial charge in [-0.2, -0.15) is 0 Å². The molecule has 3 rings (SSSR count). The number of nitrogens with zero attached hydrogens (tertiary/aromatic N) is 2. The zero-order valence-corrected chi connectivity index (χ0v) is 10.5. The first kappa shape index (κ1) is 12.0. The van der Waals surface area contributed by atoms with Gasteiger partial charge in [0, 0.05) is 12.2 Å². The zero-order valence-electron chi connectivity index (χ0n) is 10.5. The van der Waals surface area contributed by atoms with Gasteiger partial charge in [0.2, 0.25) is 0 Å². The highest BCUT2D eigenvalue weighted by Gasteiger charge is 2.20. The van der Waals surface area contributed by atoms with E-state index in [1.807, 2.05) is 18.3 Å². The third-order valence-electron chi connectivity index (χ3n) is 3.40. The second-order valence-corrected chi connectivity index (χ2v) is 4.65. The molecule has 0 saturated carbocycles. The van der Waals surface area contributed by atoms with Crippen molar-refractivity contribution in [3.05, 3.63) is 36.5 Å². The maximum Gasteiger partial charge on any atom is 0.272 e. The average Bonchev–Trinajstić information content (AvgIpc) is 3.10. The Bertz CT molecular complexity index is 541. The first-order valence-electron chi connectivity index (χ1n) is 6.43. The summed E-state index contributed by atoms with van der Waals surface area (Å²) in [5.41, 5.74) is 1.25. The molecule has 6 nitrogen and oxygen atoms in total. The lowest BCUT2D eigenvalue weighted by atomic mass is 10.1. The van der Waals surface area contributed by atoms with Crippen LogP contribution in [0, 0.1) is 0 Å². The minimum Gasteiger partial charge on any atom is -0.363 e. The number of aromatic nitrogens is 2. The highest BCUT2D eigenvalue weighted by molar-refractivity contribution is 6.03. The monoisotopic (exact) mass is 260 g/mol. The SMILES string of the molecule is O=C(Nc1cnoc1)c1cccn1C1CCNCC1. The third kappa shape index (κ3) is 2.53. The van der Waals surface area contributed by atoms with Crippen molar-refractivity contribution in [2.24, 2.45) is 0 Å². The zero-order chi connectivity index (χ0) is 13.1. The number of nitrogens with one attached hydrogen (secondary N) is 2. The molecule has 2 aromatic heterocycles. The third-order valence-corrected chi connectivity index (χ3v) is 3.40. The summed E-state index contributed by atoms with van der Waals surface area (Å²) in [7, 11) is 0. The van der Waals surface area contributed by atoms with Gasteiger partial charge in [-0.1, -0.05) is 5.16 Å². The Kier molecular flexibility index (Phi) is 3.33. The lowest BCUT2D eigenvalue weighted by Crippen LogP contribution is -2.31. The summed E-state index contributed by atoms with van der Waals surface area (Å²) in [6, 6.07) is 4.13. The summed E-state index contributed by atoms with van der Waals surface area (Å²) in [6.07, 6.45) is 6.95. The Morgan fingerprint density at radius 3 is 3.05 bits per heavy atom. The molecule has 3 heterocycles. The van der Waals surface area contributed by atoms with Crippen LogP contribution >= 0.6 is 0 Å². The van der Waals surface area contributed by atoms with Crippen molar-refractivity contribution in [1.29, 1.82) is 0 Å². The van der Waals surface area contributed by atoms with Crippen LogP contribution in [0.25, 0.3) is 0 Å². The van der Waals surface area contributed by atoms with Gasteiger partial charge in [-0.25, -0.2) is 0 Å². The van der Waals surface area contributed by atoms with Gasteiger partial charge in [0.25, 0.3) is 5.91 Å². The Morgan fingerprint density at radius 1 is 1.47 bits per heavy atom. The molecule has 1 amide bonds. The fourth-order valence-corrected chi connectivity index (χ4v) is 2.45. The number of carbonyl (C=O) groups is 1.